The van der Waals surface area contributed by atoms with E-state index in [1.807, 2.05) is 31.3 Å². The highest BCUT2D eigenvalue weighted by atomic mass is 16.5. The molecule has 1 unspecified atom stereocenters. The van der Waals surface area contributed by atoms with Crippen LogP contribution in [0.2, 0.25) is 0 Å². The molecule has 2 N–H and O–H groups in total. The zero-order valence-corrected chi connectivity index (χ0v) is 11.8. The van der Waals surface area contributed by atoms with Gasteiger partial charge in [-0.3, -0.25) is 4.68 Å². The Kier molecular flexibility index (Phi) is 3.36. The fourth-order valence-corrected chi connectivity index (χ4v) is 2.65. The van der Waals surface area contributed by atoms with Gasteiger partial charge in [0.15, 0.2) is 0 Å². The molecule has 1 aliphatic rings. The van der Waals surface area contributed by atoms with Crippen molar-refractivity contribution in [3.05, 3.63) is 30.0 Å². The molecule has 0 aliphatic carbocycles. The van der Waals surface area contributed by atoms with Gasteiger partial charge in [-0.2, -0.15) is 5.10 Å². The van der Waals surface area contributed by atoms with E-state index in [9.17, 15) is 0 Å². The van der Waals surface area contributed by atoms with Crippen LogP contribution < -0.4 is 10.5 Å². The first-order valence-corrected chi connectivity index (χ1v) is 6.79. The van der Waals surface area contributed by atoms with Crippen molar-refractivity contribution in [3.63, 3.8) is 0 Å². The second-order valence-corrected chi connectivity index (χ2v) is 5.00. The Labute approximate surface area is 118 Å². The van der Waals surface area contributed by atoms with E-state index < -0.39 is 0 Å². The number of aromatic nitrogens is 2. The molecule has 1 aromatic heterocycles. The lowest BCUT2D eigenvalue weighted by molar-refractivity contribution is 0.108. The summed E-state index contributed by atoms with van der Waals surface area (Å²) in [5.41, 5.74) is 9.10. The number of methoxy groups -OCH3 is 1. The highest BCUT2D eigenvalue weighted by molar-refractivity contribution is 5.77. The molecule has 0 amide bonds. The van der Waals surface area contributed by atoms with E-state index in [-0.39, 0.29) is 6.10 Å². The van der Waals surface area contributed by atoms with Crippen LogP contribution in [0.25, 0.3) is 11.1 Å². The minimum atomic E-state index is 0.0414. The van der Waals surface area contributed by atoms with E-state index >= 15 is 0 Å². The number of ether oxygens (including phenoxy) is 2. The quantitative estimate of drug-likeness (QED) is 0.933. The summed E-state index contributed by atoms with van der Waals surface area (Å²) in [4.78, 5) is 0. The van der Waals surface area contributed by atoms with Gasteiger partial charge in [-0.1, -0.05) is 12.1 Å². The molecule has 1 aliphatic heterocycles. The van der Waals surface area contributed by atoms with Crippen LogP contribution in [0.5, 0.6) is 5.75 Å². The summed E-state index contributed by atoms with van der Waals surface area (Å²) in [7, 11) is 3.52. The number of nitrogen functional groups attached to an aromatic ring is 1. The minimum Gasteiger partial charge on any atom is -0.497 e. The molecule has 20 heavy (non-hydrogen) atoms. The molecule has 2 heterocycles. The fourth-order valence-electron chi connectivity index (χ4n) is 2.65. The topological polar surface area (TPSA) is 62.3 Å². The number of rotatable bonds is 3. The summed E-state index contributed by atoms with van der Waals surface area (Å²) in [5.74, 6) is 1.47. The maximum absolute atomic E-state index is 6.20. The molecule has 1 fully saturated rings. The first kappa shape index (κ1) is 13.0. The third-order valence-electron chi connectivity index (χ3n) is 3.71. The van der Waals surface area contributed by atoms with Gasteiger partial charge in [0.1, 0.15) is 23.4 Å². The van der Waals surface area contributed by atoms with Crippen LogP contribution in [0.1, 0.15) is 24.6 Å². The fraction of sp³-hybridized carbons (Fsp3) is 0.400. The molecule has 0 radical (unpaired) electrons. The Hall–Kier alpha value is -2.01. The number of anilines is 1. The van der Waals surface area contributed by atoms with Crippen molar-refractivity contribution < 1.29 is 9.47 Å². The second kappa shape index (κ2) is 5.17. The van der Waals surface area contributed by atoms with Crippen LogP contribution in [0.3, 0.4) is 0 Å². The monoisotopic (exact) mass is 273 g/mol. The third-order valence-corrected chi connectivity index (χ3v) is 3.71. The summed E-state index contributed by atoms with van der Waals surface area (Å²) in [6.45, 7) is 0.790. The molecule has 0 spiro atoms. The van der Waals surface area contributed by atoms with Gasteiger partial charge in [0.25, 0.3) is 0 Å². The Morgan fingerprint density at radius 3 is 3.00 bits per heavy atom. The molecule has 5 nitrogen and oxygen atoms in total. The maximum Gasteiger partial charge on any atom is 0.129 e. The zero-order valence-electron chi connectivity index (χ0n) is 11.8. The van der Waals surface area contributed by atoms with Crippen LogP contribution in [0, 0.1) is 0 Å². The molecule has 106 valence electrons. The Bertz CT molecular complexity index is 616. The third kappa shape index (κ3) is 2.14. The largest absolute Gasteiger partial charge is 0.497 e. The van der Waals surface area contributed by atoms with Gasteiger partial charge in [-0.05, 0) is 30.5 Å². The van der Waals surface area contributed by atoms with Crippen molar-refractivity contribution in [3.8, 4) is 16.9 Å². The van der Waals surface area contributed by atoms with E-state index in [1.54, 1.807) is 11.8 Å². The molecule has 1 atom stereocenters. The summed E-state index contributed by atoms with van der Waals surface area (Å²) in [5, 5.41) is 4.55. The van der Waals surface area contributed by atoms with Crippen LogP contribution in [-0.2, 0) is 11.8 Å². The summed E-state index contributed by atoms with van der Waals surface area (Å²) < 4.78 is 12.8. The van der Waals surface area contributed by atoms with Gasteiger partial charge in [-0.25, -0.2) is 0 Å². The molecule has 5 heteroatoms. The van der Waals surface area contributed by atoms with E-state index in [0.29, 0.717) is 5.82 Å². The Morgan fingerprint density at radius 2 is 2.30 bits per heavy atom. The lowest BCUT2D eigenvalue weighted by Gasteiger charge is -2.10. The van der Waals surface area contributed by atoms with Crippen molar-refractivity contribution in [2.24, 2.45) is 7.05 Å². The molecule has 3 rings (SSSR count). The van der Waals surface area contributed by atoms with Crippen molar-refractivity contribution in [2.75, 3.05) is 19.5 Å². The van der Waals surface area contributed by atoms with Gasteiger partial charge in [0.05, 0.1) is 7.11 Å². The molecule has 1 saturated heterocycles. The normalized spacial score (nSPS) is 18.4. The highest BCUT2D eigenvalue weighted by Crippen LogP contribution is 2.38. The molecular weight excluding hydrogens is 254 g/mol. The van der Waals surface area contributed by atoms with Gasteiger partial charge in [0, 0.05) is 19.2 Å². The van der Waals surface area contributed by atoms with Gasteiger partial charge in [-0.15, -0.1) is 0 Å². The number of hydrogen-bond donors (Lipinski definition) is 1. The molecular formula is C15H19N3O2. The average Bonchev–Trinajstić information content (AvgIpc) is 3.08. The van der Waals surface area contributed by atoms with Crippen molar-refractivity contribution in [2.45, 2.75) is 18.9 Å². The Morgan fingerprint density at radius 1 is 1.45 bits per heavy atom. The van der Waals surface area contributed by atoms with Crippen molar-refractivity contribution in [1.82, 2.24) is 9.78 Å². The van der Waals surface area contributed by atoms with E-state index in [2.05, 4.69) is 5.10 Å². The van der Waals surface area contributed by atoms with E-state index in [4.69, 9.17) is 15.2 Å². The summed E-state index contributed by atoms with van der Waals surface area (Å²) >= 11 is 0. The predicted octanol–water partition coefficient (Wildman–Crippen LogP) is 2.53. The standard InChI is InChI=1S/C15H19N3O2/c1-18-15(16)13(10-5-3-6-11(9-10)19-2)14(17-18)12-7-4-8-20-12/h3,5-6,9,12H,4,7-8,16H2,1-2H3. The smallest absolute Gasteiger partial charge is 0.129 e. The zero-order chi connectivity index (χ0) is 14.1. The summed E-state index contributed by atoms with van der Waals surface area (Å²) in [6.07, 6.45) is 2.10. The van der Waals surface area contributed by atoms with Gasteiger partial charge < -0.3 is 15.2 Å². The van der Waals surface area contributed by atoms with E-state index in [1.165, 1.54) is 0 Å². The SMILES string of the molecule is COc1cccc(-c2c(C3CCCO3)nn(C)c2N)c1. The molecule has 0 saturated carbocycles. The first-order valence-electron chi connectivity index (χ1n) is 6.79. The number of hydrogen-bond acceptors (Lipinski definition) is 4. The Balaban J connectivity index is 2.11. The molecule has 0 bridgehead atoms. The van der Waals surface area contributed by atoms with Gasteiger partial charge >= 0.3 is 0 Å². The lowest BCUT2D eigenvalue weighted by Crippen LogP contribution is -2.00. The number of nitrogens with two attached hydrogens (primary N) is 1. The number of benzene rings is 1. The number of nitrogens with zero attached hydrogens (tertiary/aromatic N) is 2. The first-order chi connectivity index (χ1) is 9.70. The second-order valence-electron chi connectivity index (χ2n) is 5.00. The van der Waals surface area contributed by atoms with Gasteiger partial charge in [0.2, 0.25) is 0 Å². The average molecular weight is 273 g/mol. The van der Waals surface area contributed by atoms with E-state index in [0.717, 1.165) is 42.0 Å². The van der Waals surface area contributed by atoms with Crippen LogP contribution >= 0.6 is 0 Å². The molecule has 1 aromatic carbocycles. The number of aryl methyl sites for hydroxylation is 1. The van der Waals surface area contributed by atoms with Crippen molar-refractivity contribution >= 4 is 5.82 Å². The lowest BCUT2D eigenvalue weighted by atomic mass is 10.0. The highest BCUT2D eigenvalue weighted by Gasteiger charge is 2.27. The summed E-state index contributed by atoms with van der Waals surface area (Å²) in [6, 6.07) is 7.88. The predicted molar refractivity (Wildman–Crippen MR) is 77.5 cm³/mol. The van der Waals surface area contributed by atoms with Crippen LogP contribution in [-0.4, -0.2) is 23.5 Å². The minimum absolute atomic E-state index is 0.0414. The maximum atomic E-state index is 6.20. The molecule has 2 aromatic rings. The van der Waals surface area contributed by atoms with Crippen LogP contribution in [0.4, 0.5) is 5.82 Å². The van der Waals surface area contributed by atoms with Crippen LogP contribution in [0.15, 0.2) is 24.3 Å². The van der Waals surface area contributed by atoms with Crippen molar-refractivity contribution in [1.29, 1.82) is 0 Å².